The van der Waals surface area contributed by atoms with Crippen LogP contribution in [0.5, 0.6) is 0 Å². The number of ketones is 2. The van der Waals surface area contributed by atoms with Gasteiger partial charge in [-0.2, -0.15) is 0 Å². The quantitative estimate of drug-likeness (QED) is 0.496. The molecule has 0 saturated heterocycles. The van der Waals surface area contributed by atoms with Crippen molar-refractivity contribution < 1.29 is 19.1 Å². The second-order valence-corrected chi connectivity index (χ2v) is 9.72. The van der Waals surface area contributed by atoms with Crippen LogP contribution in [0.4, 0.5) is 0 Å². The average molecular weight is 399 g/mol. The third-order valence-corrected chi connectivity index (χ3v) is 8.86. The standard InChI is InChI=1S/C25H34O4/c1-5-23(28)29-25(16(4)26)15(3)13-22-21-9-7-17-14-18(27)8-10-19(17)20(21)11-12-24(22,25)6-2/h14,19-22H,3,5-13H2,1-2,4H3/t19-,20+,21+,22-,24-,25+/m0/s1. The monoisotopic (exact) mass is 398 g/mol. The molecule has 0 bridgehead atoms. The van der Waals surface area contributed by atoms with Crippen molar-refractivity contribution in [2.24, 2.45) is 29.1 Å². The molecule has 4 rings (SSSR count). The highest BCUT2D eigenvalue weighted by Crippen LogP contribution is 2.68. The maximum absolute atomic E-state index is 13.1. The summed E-state index contributed by atoms with van der Waals surface area (Å²) < 4.78 is 6.04. The Balaban J connectivity index is 1.74. The van der Waals surface area contributed by atoms with E-state index >= 15 is 0 Å². The van der Waals surface area contributed by atoms with E-state index < -0.39 is 5.60 Å². The van der Waals surface area contributed by atoms with Crippen LogP contribution in [0.3, 0.4) is 0 Å². The first-order chi connectivity index (χ1) is 13.8. The first kappa shape index (κ1) is 20.6. The lowest BCUT2D eigenvalue weighted by atomic mass is 9.49. The zero-order chi connectivity index (χ0) is 21.0. The van der Waals surface area contributed by atoms with E-state index in [-0.39, 0.29) is 29.4 Å². The number of allylic oxidation sites excluding steroid dienone is 1. The molecule has 0 spiro atoms. The lowest BCUT2D eigenvalue weighted by molar-refractivity contribution is -0.185. The van der Waals surface area contributed by atoms with Gasteiger partial charge in [-0.15, -0.1) is 0 Å². The van der Waals surface area contributed by atoms with Gasteiger partial charge in [-0.25, -0.2) is 0 Å². The second-order valence-electron chi connectivity index (χ2n) is 9.72. The van der Waals surface area contributed by atoms with Crippen molar-refractivity contribution in [2.45, 2.75) is 84.2 Å². The number of carbonyl (C=O) groups is 3. The zero-order valence-electron chi connectivity index (χ0n) is 18.1. The Labute approximate surface area is 174 Å². The summed E-state index contributed by atoms with van der Waals surface area (Å²) in [4.78, 5) is 37.4. The fourth-order valence-electron chi connectivity index (χ4n) is 7.72. The smallest absolute Gasteiger partial charge is 0.306 e. The maximum atomic E-state index is 13.1. The molecule has 4 nitrogen and oxygen atoms in total. The molecule has 29 heavy (non-hydrogen) atoms. The van der Waals surface area contributed by atoms with Crippen LogP contribution < -0.4 is 0 Å². The summed E-state index contributed by atoms with van der Waals surface area (Å²) in [6.45, 7) is 9.81. The van der Waals surface area contributed by atoms with Crippen LogP contribution >= 0.6 is 0 Å². The van der Waals surface area contributed by atoms with Gasteiger partial charge in [-0.3, -0.25) is 14.4 Å². The van der Waals surface area contributed by atoms with E-state index in [0.717, 1.165) is 50.5 Å². The summed E-state index contributed by atoms with van der Waals surface area (Å²) in [6.07, 6.45) is 9.41. The highest BCUT2D eigenvalue weighted by atomic mass is 16.6. The molecule has 4 heteroatoms. The lowest BCUT2D eigenvalue weighted by Gasteiger charge is -2.56. The fraction of sp³-hybridized carbons (Fsp3) is 0.720. The third kappa shape index (κ3) is 2.74. The van der Waals surface area contributed by atoms with Crippen LogP contribution in [-0.2, 0) is 19.1 Å². The Bertz CT molecular complexity index is 793. The van der Waals surface area contributed by atoms with Gasteiger partial charge in [0, 0.05) is 18.3 Å². The van der Waals surface area contributed by atoms with Gasteiger partial charge in [0.05, 0.1) is 0 Å². The highest BCUT2D eigenvalue weighted by molar-refractivity contribution is 5.93. The molecule has 0 amide bonds. The molecule has 0 N–H and O–H groups in total. The topological polar surface area (TPSA) is 60.4 Å². The summed E-state index contributed by atoms with van der Waals surface area (Å²) in [5, 5.41) is 0. The van der Waals surface area contributed by atoms with Crippen molar-refractivity contribution >= 4 is 17.5 Å². The minimum Gasteiger partial charge on any atom is -0.446 e. The number of rotatable bonds is 4. The van der Waals surface area contributed by atoms with Gasteiger partial charge in [-0.1, -0.05) is 26.0 Å². The first-order valence-corrected chi connectivity index (χ1v) is 11.4. The lowest BCUT2D eigenvalue weighted by Crippen LogP contribution is -2.59. The van der Waals surface area contributed by atoms with E-state index in [0.29, 0.717) is 30.1 Å². The predicted octanol–water partition coefficient (Wildman–Crippen LogP) is 4.97. The molecule has 0 aromatic heterocycles. The van der Waals surface area contributed by atoms with Crippen molar-refractivity contribution in [2.75, 3.05) is 0 Å². The Kier molecular flexibility index (Phi) is 5.11. The number of hydrogen-bond donors (Lipinski definition) is 0. The van der Waals surface area contributed by atoms with Crippen molar-refractivity contribution in [1.82, 2.24) is 0 Å². The summed E-state index contributed by atoms with van der Waals surface area (Å²) in [7, 11) is 0. The van der Waals surface area contributed by atoms with E-state index in [1.54, 1.807) is 13.8 Å². The zero-order valence-corrected chi connectivity index (χ0v) is 18.1. The summed E-state index contributed by atoms with van der Waals surface area (Å²) >= 11 is 0. The Morgan fingerprint density at radius 1 is 1.17 bits per heavy atom. The normalized spacial score (nSPS) is 41.1. The number of esters is 1. The van der Waals surface area contributed by atoms with E-state index in [2.05, 4.69) is 13.5 Å². The SMILES string of the molecule is C=C1C[C@H]2[C@@H]3CCC4=CC(=O)CC[C@@H]4[C@H]3CC[C@]2(CC)[C@]1(OC(=O)CC)C(C)=O. The van der Waals surface area contributed by atoms with Gasteiger partial charge >= 0.3 is 5.97 Å². The second kappa shape index (κ2) is 7.21. The van der Waals surface area contributed by atoms with E-state index in [9.17, 15) is 14.4 Å². The van der Waals surface area contributed by atoms with Crippen molar-refractivity contribution in [3.05, 3.63) is 23.8 Å². The largest absolute Gasteiger partial charge is 0.446 e. The summed E-state index contributed by atoms with van der Waals surface area (Å²) in [5.74, 6) is 1.84. The van der Waals surface area contributed by atoms with Gasteiger partial charge < -0.3 is 4.74 Å². The van der Waals surface area contributed by atoms with Crippen molar-refractivity contribution in [3.63, 3.8) is 0 Å². The Morgan fingerprint density at radius 3 is 2.59 bits per heavy atom. The van der Waals surface area contributed by atoms with E-state index in [4.69, 9.17) is 4.74 Å². The molecule has 0 aromatic rings. The van der Waals surface area contributed by atoms with Gasteiger partial charge in [-0.05, 0) is 87.2 Å². The number of carbonyl (C=O) groups excluding carboxylic acids is 3. The molecule has 4 aliphatic carbocycles. The summed E-state index contributed by atoms with van der Waals surface area (Å²) in [6, 6.07) is 0. The van der Waals surface area contributed by atoms with Gasteiger partial charge in [0.25, 0.3) is 0 Å². The Morgan fingerprint density at radius 2 is 1.93 bits per heavy atom. The van der Waals surface area contributed by atoms with Crippen LogP contribution in [0.15, 0.2) is 23.8 Å². The van der Waals surface area contributed by atoms with Crippen LogP contribution in [0.2, 0.25) is 0 Å². The third-order valence-electron chi connectivity index (χ3n) is 8.86. The van der Waals surface area contributed by atoms with Gasteiger partial charge in [0.2, 0.25) is 0 Å². The minimum atomic E-state index is -1.16. The molecule has 6 atom stereocenters. The highest BCUT2D eigenvalue weighted by Gasteiger charge is 2.69. The van der Waals surface area contributed by atoms with E-state index in [1.165, 1.54) is 5.57 Å². The molecule has 0 aliphatic heterocycles. The van der Waals surface area contributed by atoms with Crippen LogP contribution in [-0.4, -0.2) is 23.1 Å². The van der Waals surface area contributed by atoms with Crippen LogP contribution in [0, 0.1) is 29.1 Å². The molecule has 0 aromatic carbocycles. The van der Waals surface area contributed by atoms with Crippen LogP contribution in [0.25, 0.3) is 0 Å². The summed E-state index contributed by atoms with van der Waals surface area (Å²) in [5.41, 5.74) is 0.662. The first-order valence-electron chi connectivity index (χ1n) is 11.4. The number of hydrogen-bond acceptors (Lipinski definition) is 4. The Hall–Kier alpha value is -1.71. The maximum Gasteiger partial charge on any atom is 0.306 e. The molecule has 0 unspecified atom stereocenters. The molecule has 158 valence electrons. The van der Waals surface area contributed by atoms with Crippen LogP contribution in [0.1, 0.15) is 78.6 Å². The molecule has 0 radical (unpaired) electrons. The predicted molar refractivity (Wildman–Crippen MR) is 111 cm³/mol. The van der Waals surface area contributed by atoms with E-state index in [1.807, 2.05) is 6.08 Å². The number of Topliss-reactive ketones (excluding diaryl/α,β-unsaturated/α-hetero) is 1. The van der Waals surface area contributed by atoms with Crippen molar-refractivity contribution in [1.29, 1.82) is 0 Å². The molecule has 4 aliphatic rings. The fourth-order valence-corrected chi connectivity index (χ4v) is 7.72. The van der Waals surface area contributed by atoms with Crippen molar-refractivity contribution in [3.8, 4) is 0 Å². The molecule has 0 heterocycles. The molecular formula is C25H34O4. The van der Waals surface area contributed by atoms with Gasteiger partial charge in [0.15, 0.2) is 17.2 Å². The average Bonchev–Trinajstić information content (AvgIpc) is 2.96. The minimum absolute atomic E-state index is 0.0632. The van der Waals surface area contributed by atoms with Gasteiger partial charge in [0.1, 0.15) is 0 Å². The molecule has 3 fully saturated rings. The molecular weight excluding hydrogens is 364 g/mol. The number of ether oxygens (including phenoxy) is 1. The number of fused-ring (bicyclic) bond motifs is 5. The molecule has 3 saturated carbocycles.